The van der Waals surface area contributed by atoms with E-state index in [1.807, 2.05) is 0 Å². The van der Waals surface area contributed by atoms with Crippen LogP contribution in [0.3, 0.4) is 0 Å². The fraction of sp³-hybridized carbons (Fsp3) is 0.786. The number of halogens is 3. The van der Waals surface area contributed by atoms with Crippen molar-refractivity contribution in [3.8, 4) is 0 Å². The molecular weight excluding hydrogens is 269 g/mol. The number of hydrogen-bond acceptors (Lipinski definition) is 2. The van der Waals surface area contributed by atoms with Gasteiger partial charge in [0.2, 0.25) is 5.91 Å². The van der Waals surface area contributed by atoms with Gasteiger partial charge in [0.1, 0.15) is 0 Å². The van der Waals surface area contributed by atoms with Crippen LogP contribution in [-0.2, 0) is 4.79 Å². The second-order valence-corrected chi connectivity index (χ2v) is 5.69. The van der Waals surface area contributed by atoms with E-state index in [1.165, 1.54) is 11.0 Å². The molecule has 1 atom stereocenters. The second-order valence-electron chi connectivity index (χ2n) is 5.69. The average molecular weight is 290 g/mol. The van der Waals surface area contributed by atoms with Crippen LogP contribution in [0.2, 0.25) is 0 Å². The zero-order valence-corrected chi connectivity index (χ0v) is 11.5. The van der Waals surface area contributed by atoms with Gasteiger partial charge in [-0.25, -0.2) is 0 Å². The van der Waals surface area contributed by atoms with Crippen LogP contribution >= 0.6 is 0 Å². The second kappa shape index (κ2) is 5.76. The smallest absolute Gasteiger partial charge is 0.335 e. The van der Waals surface area contributed by atoms with Gasteiger partial charge >= 0.3 is 6.18 Å². The largest absolute Gasteiger partial charge is 0.404 e. The van der Waals surface area contributed by atoms with E-state index in [4.69, 9.17) is 0 Å². The van der Waals surface area contributed by atoms with E-state index in [1.54, 1.807) is 0 Å². The highest BCUT2D eigenvalue weighted by Crippen LogP contribution is 2.45. The summed E-state index contributed by atoms with van der Waals surface area (Å²) in [6.45, 7) is 3.69. The molecule has 6 heteroatoms. The maximum Gasteiger partial charge on any atom is 0.404 e. The zero-order valence-electron chi connectivity index (χ0n) is 11.5. The highest BCUT2D eigenvalue weighted by atomic mass is 19.4. The Kier molecular flexibility index (Phi) is 4.42. The Morgan fingerprint density at radius 1 is 1.40 bits per heavy atom. The molecular formula is C14H21F3N2O. The number of nitrogens with zero attached hydrogens (tertiary/aromatic N) is 1. The normalized spacial score (nSPS) is 27.8. The van der Waals surface area contributed by atoms with E-state index in [0.29, 0.717) is 0 Å². The summed E-state index contributed by atoms with van der Waals surface area (Å²) >= 11 is 0. The van der Waals surface area contributed by atoms with E-state index in [9.17, 15) is 18.0 Å². The number of amides is 1. The Morgan fingerprint density at radius 3 is 2.50 bits per heavy atom. The molecule has 3 nitrogen and oxygen atoms in total. The third kappa shape index (κ3) is 2.57. The summed E-state index contributed by atoms with van der Waals surface area (Å²) in [4.78, 5) is 14.0. The third-order valence-electron chi connectivity index (χ3n) is 4.46. The zero-order chi connectivity index (χ0) is 14.8. The fourth-order valence-corrected chi connectivity index (χ4v) is 3.27. The number of carbonyl (C=O) groups excluding carboxylic acids is 1. The molecule has 0 aromatic carbocycles. The van der Waals surface area contributed by atoms with Crippen molar-refractivity contribution >= 4 is 5.91 Å². The lowest BCUT2D eigenvalue weighted by Crippen LogP contribution is -2.55. The Balaban J connectivity index is 2.26. The van der Waals surface area contributed by atoms with E-state index in [0.717, 1.165) is 25.7 Å². The van der Waals surface area contributed by atoms with Crippen molar-refractivity contribution in [3.05, 3.63) is 12.7 Å². The van der Waals surface area contributed by atoms with Crippen LogP contribution in [0.15, 0.2) is 12.7 Å². The number of carbonyl (C=O) groups is 1. The SMILES string of the molecule is C=CCN(C(=O)C1(C(F)(F)F)CCNC1)C1CCCC1. The number of alkyl halides is 3. The van der Waals surface area contributed by atoms with Gasteiger partial charge in [0.15, 0.2) is 5.41 Å². The van der Waals surface area contributed by atoms with Gasteiger partial charge in [-0.3, -0.25) is 4.79 Å². The molecule has 0 aromatic heterocycles. The summed E-state index contributed by atoms with van der Waals surface area (Å²) in [6, 6.07) is -0.0691. The molecule has 1 aliphatic carbocycles. The van der Waals surface area contributed by atoms with E-state index >= 15 is 0 Å². The molecule has 0 spiro atoms. The molecule has 0 aromatic rings. The Morgan fingerprint density at radius 2 is 2.05 bits per heavy atom. The third-order valence-corrected chi connectivity index (χ3v) is 4.46. The number of rotatable bonds is 4. The molecule has 20 heavy (non-hydrogen) atoms. The first-order chi connectivity index (χ1) is 9.42. The van der Waals surface area contributed by atoms with Crippen LogP contribution in [0, 0.1) is 5.41 Å². The summed E-state index contributed by atoms with van der Waals surface area (Å²) in [5.74, 6) is -0.776. The minimum absolute atomic E-state index is 0.0691. The number of hydrogen-bond donors (Lipinski definition) is 1. The highest BCUT2D eigenvalue weighted by molar-refractivity contribution is 5.85. The van der Waals surface area contributed by atoms with Crippen LogP contribution < -0.4 is 5.32 Å². The summed E-state index contributed by atoms with van der Waals surface area (Å²) in [5, 5.41) is 2.69. The molecule has 2 aliphatic rings. The van der Waals surface area contributed by atoms with Crippen molar-refractivity contribution < 1.29 is 18.0 Å². The van der Waals surface area contributed by atoms with Crippen molar-refractivity contribution in [2.24, 2.45) is 5.41 Å². The van der Waals surface area contributed by atoms with Crippen molar-refractivity contribution in [2.75, 3.05) is 19.6 Å². The quantitative estimate of drug-likeness (QED) is 0.807. The van der Waals surface area contributed by atoms with Gasteiger partial charge in [0, 0.05) is 19.1 Å². The molecule has 1 amide bonds. The highest BCUT2D eigenvalue weighted by Gasteiger charge is 2.62. The predicted molar refractivity (Wildman–Crippen MR) is 70.1 cm³/mol. The molecule has 0 bridgehead atoms. The van der Waals surface area contributed by atoms with Gasteiger partial charge in [-0.05, 0) is 25.8 Å². The van der Waals surface area contributed by atoms with Crippen LogP contribution in [0.1, 0.15) is 32.1 Å². The van der Waals surface area contributed by atoms with Gasteiger partial charge in [-0.15, -0.1) is 6.58 Å². The topological polar surface area (TPSA) is 32.3 Å². The van der Waals surface area contributed by atoms with E-state index in [2.05, 4.69) is 11.9 Å². The maximum absolute atomic E-state index is 13.4. The molecule has 1 heterocycles. The lowest BCUT2D eigenvalue weighted by atomic mass is 9.84. The lowest BCUT2D eigenvalue weighted by molar-refractivity contribution is -0.222. The molecule has 1 aliphatic heterocycles. The first kappa shape index (κ1) is 15.4. The monoisotopic (exact) mass is 290 g/mol. The molecule has 2 rings (SSSR count). The van der Waals surface area contributed by atoms with Crippen LogP contribution in [0.4, 0.5) is 13.2 Å². The molecule has 1 N–H and O–H groups in total. The van der Waals surface area contributed by atoms with Gasteiger partial charge in [-0.1, -0.05) is 18.9 Å². The fourth-order valence-electron chi connectivity index (χ4n) is 3.27. The summed E-state index contributed by atoms with van der Waals surface area (Å²) in [6.07, 6.45) is 0.373. The molecule has 2 fully saturated rings. The lowest BCUT2D eigenvalue weighted by Gasteiger charge is -2.37. The maximum atomic E-state index is 13.4. The minimum Gasteiger partial charge on any atom is -0.335 e. The van der Waals surface area contributed by atoms with Crippen molar-refractivity contribution in [1.29, 1.82) is 0 Å². The van der Waals surface area contributed by atoms with E-state index < -0.39 is 17.5 Å². The minimum atomic E-state index is -4.51. The first-order valence-corrected chi connectivity index (χ1v) is 7.12. The van der Waals surface area contributed by atoms with Crippen molar-refractivity contribution in [1.82, 2.24) is 10.2 Å². The van der Waals surface area contributed by atoms with E-state index in [-0.39, 0.29) is 32.1 Å². The molecule has 114 valence electrons. The van der Waals surface area contributed by atoms with Crippen LogP contribution in [0.5, 0.6) is 0 Å². The summed E-state index contributed by atoms with van der Waals surface area (Å²) in [5.41, 5.74) is -2.25. The van der Waals surface area contributed by atoms with Crippen LogP contribution in [-0.4, -0.2) is 42.7 Å². The molecule has 0 radical (unpaired) electrons. The van der Waals surface area contributed by atoms with Gasteiger partial charge in [0.25, 0.3) is 0 Å². The predicted octanol–water partition coefficient (Wildman–Crippen LogP) is 2.49. The van der Waals surface area contributed by atoms with Crippen LogP contribution in [0.25, 0.3) is 0 Å². The first-order valence-electron chi connectivity index (χ1n) is 7.12. The molecule has 1 saturated carbocycles. The molecule has 1 unspecified atom stereocenters. The number of nitrogens with one attached hydrogen (secondary N) is 1. The summed E-state index contributed by atoms with van der Waals surface area (Å²) < 4.78 is 40.3. The average Bonchev–Trinajstić information content (AvgIpc) is 3.04. The Hall–Kier alpha value is -1.04. The Bertz CT molecular complexity index is 369. The standard InChI is InChI=1S/C14H21F3N2O/c1-2-9-19(11-5-3-4-6-11)12(20)13(14(15,16)17)7-8-18-10-13/h2,11,18H,1,3-10H2. The molecule has 1 saturated heterocycles. The van der Waals surface area contributed by atoms with Gasteiger partial charge in [-0.2, -0.15) is 13.2 Å². The van der Waals surface area contributed by atoms with Crippen molar-refractivity contribution in [2.45, 2.75) is 44.3 Å². The van der Waals surface area contributed by atoms with Gasteiger partial charge < -0.3 is 10.2 Å². The van der Waals surface area contributed by atoms with Gasteiger partial charge in [0.05, 0.1) is 0 Å². The Labute approximate surface area is 117 Å². The summed E-state index contributed by atoms with van der Waals surface area (Å²) in [7, 11) is 0. The van der Waals surface area contributed by atoms with Crippen molar-refractivity contribution in [3.63, 3.8) is 0 Å².